The summed E-state index contributed by atoms with van der Waals surface area (Å²) in [6.45, 7) is 0. The lowest BCUT2D eigenvalue weighted by Gasteiger charge is -2.03. The van der Waals surface area contributed by atoms with E-state index in [1.807, 2.05) is 0 Å². The van der Waals surface area contributed by atoms with E-state index < -0.39 is 9.84 Å². The molecule has 0 aliphatic carbocycles. The average molecular weight is 264 g/mol. The molecule has 2 N–H and O–H groups in total. The highest BCUT2D eigenvalue weighted by Gasteiger charge is 2.07. The second kappa shape index (κ2) is 4.69. The van der Waals surface area contributed by atoms with E-state index in [2.05, 4.69) is 15.0 Å². The van der Waals surface area contributed by atoms with Crippen molar-refractivity contribution in [3.63, 3.8) is 0 Å². The van der Waals surface area contributed by atoms with E-state index in [0.29, 0.717) is 17.0 Å². The molecule has 1 aromatic heterocycles. The molecule has 2 rings (SSSR count). The topological polar surface area (TPSA) is 98.8 Å². The van der Waals surface area contributed by atoms with Gasteiger partial charge in [0, 0.05) is 11.8 Å². The highest BCUT2D eigenvalue weighted by Crippen LogP contribution is 2.17. The van der Waals surface area contributed by atoms with Gasteiger partial charge in [0.15, 0.2) is 15.7 Å². The van der Waals surface area contributed by atoms with Crippen LogP contribution in [-0.4, -0.2) is 29.6 Å². The van der Waals surface area contributed by atoms with Gasteiger partial charge in [-0.25, -0.2) is 18.4 Å². The van der Waals surface area contributed by atoms with Crippen molar-refractivity contribution >= 4 is 15.8 Å². The Balaban J connectivity index is 2.38. The first-order valence-corrected chi connectivity index (χ1v) is 7.22. The van der Waals surface area contributed by atoms with Crippen LogP contribution in [0.3, 0.4) is 0 Å². The summed E-state index contributed by atoms with van der Waals surface area (Å²) in [5.41, 5.74) is 6.88. The molecule has 6 nitrogen and oxygen atoms in total. The largest absolute Gasteiger partial charge is 0.368 e. The van der Waals surface area contributed by atoms with Gasteiger partial charge in [0.25, 0.3) is 0 Å². The van der Waals surface area contributed by atoms with Crippen molar-refractivity contribution in [2.45, 2.75) is 5.75 Å². The van der Waals surface area contributed by atoms with Crippen LogP contribution in [0.25, 0.3) is 11.4 Å². The molecule has 0 bridgehead atoms. The lowest BCUT2D eigenvalue weighted by atomic mass is 10.1. The molecule has 0 amide bonds. The summed E-state index contributed by atoms with van der Waals surface area (Å²) >= 11 is 0. The SMILES string of the molecule is CS(=O)(=O)Cc1cccc(-c2ncnc(N)n2)c1. The molecule has 0 atom stereocenters. The van der Waals surface area contributed by atoms with Crippen LogP contribution in [0.4, 0.5) is 5.95 Å². The molecule has 0 saturated heterocycles. The zero-order chi connectivity index (χ0) is 13.2. The van der Waals surface area contributed by atoms with E-state index in [9.17, 15) is 8.42 Å². The van der Waals surface area contributed by atoms with Gasteiger partial charge in [0.2, 0.25) is 5.95 Å². The maximum absolute atomic E-state index is 11.2. The Kier molecular flexibility index (Phi) is 3.24. The van der Waals surface area contributed by atoms with Crippen molar-refractivity contribution < 1.29 is 8.42 Å². The molecular formula is C11H12N4O2S. The van der Waals surface area contributed by atoms with E-state index >= 15 is 0 Å². The molecule has 18 heavy (non-hydrogen) atoms. The molecule has 0 fully saturated rings. The van der Waals surface area contributed by atoms with E-state index in [1.54, 1.807) is 24.3 Å². The number of sulfone groups is 1. The van der Waals surface area contributed by atoms with Crippen LogP contribution in [0.5, 0.6) is 0 Å². The van der Waals surface area contributed by atoms with Crippen LogP contribution < -0.4 is 5.73 Å². The van der Waals surface area contributed by atoms with Crippen molar-refractivity contribution in [1.82, 2.24) is 15.0 Å². The minimum absolute atomic E-state index is 0.0125. The highest BCUT2D eigenvalue weighted by atomic mass is 32.2. The highest BCUT2D eigenvalue weighted by molar-refractivity contribution is 7.89. The third-order valence-corrected chi connectivity index (χ3v) is 3.06. The van der Waals surface area contributed by atoms with Crippen LogP contribution in [-0.2, 0) is 15.6 Å². The summed E-state index contributed by atoms with van der Waals surface area (Å²) in [7, 11) is -3.06. The first-order chi connectivity index (χ1) is 8.44. The zero-order valence-corrected chi connectivity index (χ0v) is 10.6. The van der Waals surface area contributed by atoms with Crippen molar-refractivity contribution in [2.24, 2.45) is 0 Å². The van der Waals surface area contributed by atoms with Gasteiger partial charge in [-0.1, -0.05) is 18.2 Å². The Morgan fingerprint density at radius 1 is 1.28 bits per heavy atom. The predicted octanol–water partition coefficient (Wildman–Crippen LogP) is 0.665. The van der Waals surface area contributed by atoms with Crippen molar-refractivity contribution in [3.8, 4) is 11.4 Å². The summed E-state index contributed by atoms with van der Waals surface area (Å²) < 4.78 is 22.5. The van der Waals surface area contributed by atoms with E-state index in [4.69, 9.17) is 5.73 Å². The smallest absolute Gasteiger partial charge is 0.223 e. The number of anilines is 1. The molecule has 0 spiro atoms. The number of nitrogens with two attached hydrogens (primary N) is 1. The molecule has 1 heterocycles. The van der Waals surface area contributed by atoms with Gasteiger partial charge in [-0.2, -0.15) is 4.98 Å². The van der Waals surface area contributed by atoms with Gasteiger partial charge in [0.05, 0.1) is 5.75 Å². The van der Waals surface area contributed by atoms with Gasteiger partial charge in [-0.3, -0.25) is 0 Å². The van der Waals surface area contributed by atoms with Crippen LogP contribution in [0.2, 0.25) is 0 Å². The summed E-state index contributed by atoms with van der Waals surface area (Å²) in [6, 6.07) is 7.03. The number of nitrogen functional groups attached to an aromatic ring is 1. The monoisotopic (exact) mass is 264 g/mol. The summed E-state index contributed by atoms with van der Waals surface area (Å²) in [6.07, 6.45) is 2.52. The summed E-state index contributed by atoms with van der Waals surface area (Å²) in [4.78, 5) is 11.7. The third-order valence-electron chi connectivity index (χ3n) is 2.20. The van der Waals surface area contributed by atoms with Crippen LogP contribution in [0, 0.1) is 0 Å². The van der Waals surface area contributed by atoms with E-state index in [-0.39, 0.29) is 11.7 Å². The standard InChI is InChI=1S/C11H12N4O2S/c1-18(16,17)6-8-3-2-4-9(5-8)10-13-7-14-11(12)15-10/h2-5,7H,6H2,1H3,(H2,12,13,14,15). The van der Waals surface area contributed by atoms with E-state index in [1.165, 1.54) is 12.6 Å². The Hall–Kier alpha value is -2.02. The number of benzene rings is 1. The number of aromatic nitrogens is 3. The maximum atomic E-state index is 11.2. The van der Waals surface area contributed by atoms with Crippen molar-refractivity contribution in [1.29, 1.82) is 0 Å². The molecule has 2 aromatic rings. The molecule has 7 heteroatoms. The molecular weight excluding hydrogens is 252 g/mol. The summed E-state index contributed by atoms with van der Waals surface area (Å²) in [5, 5.41) is 0. The minimum Gasteiger partial charge on any atom is -0.368 e. The van der Waals surface area contributed by atoms with Crippen LogP contribution in [0.1, 0.15) is 5.56 Å². The quantitative estimate of drug-likeness (QED) is 0.874. The Bertz CT molecular complexity index is 670. The lowest BCUT2D eigenvalue weighted by Crippen LogP contribution is -2.01. The molecule has 0 unspecified atom stereocenters. The van der Waals surface area contributed by atoms with Gasteiger partial charge in [0.1, 0.15) is 6.33 Å². The zero-order valence-electron chi connectivity index (χ0n) is 9.74. The van der Waals surface area contributed by atoms with Crippen LogP contribution >= 0.6 is 0 Å². The van der Waals surface area contributed by atoms with Gasteiger partial charge in [-0.05, 0) is 11.6 Å². The van der Waals surface area contributed by atoms with Crippen molar-refractivity contribution in [3.05, 3.63) is 36.2 Å². The van der Waals surface area contributed by atoms with Crippen LogP contribution in [0.15, 0.2) is 30.6 Å². The fourth-order valence-corrected chi connectivity index (χ4v) is 2.34. The van der Waals surface area contributed by atoms with Gasteiger partial charge < -0.3 is 5.73 Å². The number of nitrogens with zero attached hydrogens (tertiary/aromatic N) is 3. The Morgan fingerprint density at radius 2 is 2.06 bits per heavy atom. The minimum atomic E-state index is -3.06. The second-order valence-corrected chi connectivity index (χ2v) is 6.08. The molecule has 1 aromatic carbocycles. The lowest BCUT2D eigenvalue weighted by molar-refractivity contribution is 0.601. The fraction of sp³-hybridized carbons (Fsp3) is 0.182. The average Bonchev–Trinajstić information content (AvgIpc) is 2.27. The predicted molar refractivity (Wildman–Crippen MR) is 68.2 cm³/mol. The fourth-order valence-electron chi connectivity index (χ4n) is 1.55. The maximum Gasteiger partial charge on any atom is 0.223 e. The molecule has 0 saturated carbocycles. The molecule has 94 valence electrons. The molecule has 0 aliphatic heterocycles. The Morgan fingerprint density at radius 3 is 2.72 bits per heavy atom. The number of hydrogen-bond acceptors (Lipinski definition) is 6. The number of rotatable bonds is 3. The molecule has 0 radical (unpaired) electrons. The van der Waals surface area contributed by atoms with Gasteiger partial charge >= 0.3 is 0 Å². The third kappa shape index (κ3) is 3.24. The number of hydrogen-bond donors (Lipinski definition) is 1. The van der Waals surface area contributed by atoms with E-state index in [0.717, 1.165) is 0 Å². The molecule has 0 aliphatic rings. The van der Waals surface area contributed by atoms with Crippen molar-refractivity contribution in [2.75, 3.05) is 12.0 Å². The van der Waals surface area contributed by atoms with Gasteiger partial charge in [-0.15, -0.1) is 0 Å². The second-order valence-electron chi connectivity index (χ2n) is 3.94. The Labute approximate surface area is 105 Å². The normalized spacial score (nSPS) is 11.4. The first kappa shape index (κ1) is 12.4. The first-order valence-electron chi connectivity index (χ1n) is 5.15. The summed E-state index contributed by atoms with van der Waals surface area (Å²) in [5.74, 6) is 0.549.